The van der Waals surface area contributed by atoms with Crippen molar-refractivity contribution in [1.82, 2.24) is 14.8 Å². The Labute approximate surface area is 188 Å². The maximum absolute atomic E-state index is 12.2. The molecule has 0 unspecified atom stereocenters. The van der Waals surface area contributed by atoms with Gasteiger partial charge in [-0.1, -0.05) is 23.6 Å². The van der Waals surface area contributed by atoms with Gasteiger partial charge in [-0.15, -0.1) is 30.4 Å². The van der Waals surface area contributed by atoms with Crippen molar-refractivity contribution in [3.8, 4) is 12.3 Å². The molecule has 8 heteroatoms. The summed E-state index contributed by atoms with van der Waals surface area (Å²) in [5, 5.41) is 6.69. The SMILES string of the molecule is C#Cc1cccc(NC(=O)CN=C(NCC)N(C)Cc2cc(Cl)cn2C)c1.I. The van der Waals surface area contributed by atoms with E-state index < -0.39 is 0 Å². The second-order valence-corrected chi connectivity index (χ2v) is 6.50. The Morgan fingerprint density at radius 3 is 2.75 bits per heavy atom. The molecule has 150 valence electrons. The quantitative estimate of drug-likeness (QED) is 0.270. The molecule has 2 N–H and O–H groups in total. The molecule has 0 aliphatic rings. The van der Waals surface area contributed by atoms with Crippen LogP contribution in [0.3, 0.4) is 0 Å². The van der Waals surface area contributed by atoms with Gasteiger partial charge in [0.1, 0.15) is 6.54 Å². The summed E-state index contributed by atoms with van der Waals surface area (Å²) in [4.78, 5) is 18.6. The first-order valence-electron chi connectivity index (χ1n) is 8.59. The van der Waals surface area contributed by atoms with E-state index in [1.54, 1.807) is 18.2 Å². The van der Waals surface area contributed by atoms with Crippen molar-refractivity contribution in [3.05, 3.63) is 52.8 Å². The van der Waals surface area contributed by atoms with Crippen LogP contribution in [-0.4, -0.2) is 41.5 Å². The topological polar surface area (TPSA) is 61.7 Å². The zero-order chi connectivity index (χ0) is 19.8. The van der Waals surface area contributed by atoms with Crippen LogP contribution in [0.2, 0.25) is 5.02 Å². The number of aryl methyl sites for hydroxylation is 1. The molecule has 1 aromatic carbocycles. The van der Waals surface area contributed by atoms with Crippen molar-refractivity contribution >= 4 is 53.1 Å². The number of nitrogens with zero attached hydrogens (tertiary/aromatic N) is 3. The third-order valence-corrected chi connectivity index (χ3v) is 4.06. The van der Waals surface area contributed by atoms with Crippen molar-refractivity contribution in [2.24, 2.45) is 12.0 Å². The van der Waals surface area contributed by atoms with Crippen LogP contribution in [0.1, 0.15) is 18.2 Å². The summed E-state index contributed by atoms with van der Waals surface area (Å²) in [5.74, 6) is 2.97. The summed E-state index contributed by atoms with van der Waals surface area (Å²) in [6, 6.07) is 9.06. The highest BCUT2D eigenvalue weighted by Crippen LogP contribution is 2.14. The van der Waals surface area contributed by atoms with Gasteiger partial charge in [-0.05, 0) is 31.2 Å². The summed E-state index contributed by atoms with van der Waals surface area (Å²) in [6.45, 7) is 3.29. The fraction of sp³-hybridized carbons (Fsp3) is 0.300. The van der Waals surface area contributed by atoms with Gasteiger partial charge in [-0.3, -0.25) is 4.79 Å². The number of hydrogen-bond acceptors (Lipinski definition) is 2. The Morgan fingerprint density at radius 1 is 1.39 bits per heavy atom. The summed E-state index contributed by atoms with van der Waals surface area (Å²) in [5.41, 5.74) is 2.41. The molecular weight excluding hydrogens is 489 g/mol. The van der Waals surface area contributed by atoms with Crippen molar-refractivity contribution in [3.63, 3.8) is 0 Å². The number of aromatic nitrogens is 1. The lowest BCUT2D eigenvalue weighted by atomic mass is 10.2. The number of terminal acetylenes is 1. The van der Waals surface area contributed by atoms with Crippen LogP contribution in [0, 0.1) is 12.3 Å². The van der Waals surface area contributed by atoms with E-state index in [1.165, 1.54) is 0 Å². The monoisotopic (exact) mass is 513 g/mol. The average molecular weight is 514 g/mol. The maximum atomic E-state index is 12.2. The predicted molar refractivity (Wildman–Crippen MR) is 126 cm³/mol. The lowest BCUT2D eigenvalue weighted by molar-refractivity contribution is -0.114. The van der Waals surface area contributed by atoms with Gasteiger partial charge in [-0.2, -0.15) is 0 Å². The normalized spacial score (nSPS) is 10.6. The number of carbonyl (C=O) groups excluding carboxylic acids is 1. The van der Waals surface area contributed by atoms with Crippen LogP contribution in [0.25, 0.3) is 0 Å². The van der Waals surface area contributed by atoms with Gasteiger partial charge in [0.2, 0.25) is 5.91 Å². The molecule has 0 bridgehead atoms. The zero-order valence-electron chi connectivity index (χ0n) is 16.2. The molecule has 1 aromatic heterocycles. The number of halogens is 2. The molecule has 0 saturated carbocycles. The molecule has 1 amide bonds. The van der Waals surface area contributed by atoms with Crippen molar-refractivity contribution in [1.29, 1.82) is 0 Å². The number of hydrogen-bond donors (Lipinski definition) is 2. The van der Waals surface area contributed by atoms with Crippen LogP contribution < -0.4 is 10.6 Å². The Morgan fingerprint density at radius 2 is 2.14 bits per heavy atom. The molecule has 6 nitrogen and oxygen atoms in total. The highest BCUT2D eigenvalue weighted by molar-refractivity contribution is 14.0. The fourth-order valence-corrected chi connectivity index (χ4v) is 2.82. The van der Waals surface area contributed by atoms with Crippen molar-refractivity contribution < 1.29 is 4.79 Å². The minimum absolute atomic E-state index is 0. The summed E-state index contributed by atoms with van der Waals surface area (Å²) in [7, 11) is 3.85. The second kappa shape index (κ2) is 11.6. The van der Waals surface area contributed by atoms with Crippen LogP contribution >= 0.6 is 35.6 Å². The molecule has 0 fully saturated rings. The fourth-order valence-electron chi connectivity index (χ4n) is 2.54. The van der Waals surface area contributed by atoms with Gasteiger partial charge >= 0.3 is 0 Å². The van der Waals surface area contributed by atoms with Gasteiger partial charge in [0.05, 0.1) is 11.6 Å². The van der Waals surface area contributed by atoms with Gasteiger partial charge in [0.25, 0.3) is 0 Å². The number of rotatable bonds is 6. The molecule has 28 heavy (non-hydrogen) atoms. The molecule has 0 aliphatic carbocycles. The van der Waals surface area contributed by atoms with E-state index in [0.29, 0.717) is 35.3 Å². The molecule has 0 saturated heterocycles. The number of benzene rings is 1. The minimum atomic E-state index is -0.213. The van der Waals surface area contributed by atoms with Crippen LogP contribution in [0.4, 0.5) is 5.69 Å². The first kappa shape index (κ1) is 23.9. The molecule has 0 radical (unpaired) electrons. The van der Waals surface area contributed by atoms with E-state index in [0.717, 1.165) is 5.69 Å². The number of nitrogens with one attached hydrogen (secondary N) is 2. The number of anilines is 1. The van der Waals surface area contributed by atoms with E-state index in [4.69, 9.17) is 18.0 Å². The van der Waals surface area contributed by atoms with Crippen LogP contribution in [0.15, 0.2) is 41.5 Å². The van der Waals surface area contributed by atoms with Crippen LogP contribution in [-0.2, 0) is 18.4 Å². The summed E-state index contributed by atoms with van der Waals surface area (Å²) in [6.07, 6.45) is 7.24. The Balaban J connectivity index is 0.00000392. The number of guanidine groups is 1. The third kappa shape index (κ3) is 7.09. The minimum Gasteiger partial charge on any atom is -0.357 e. The van der Waals surface area contributed by atoms with Gasteiger partial charge < -0.3 is 20.1 Å². The number of amides is 1. The summed E-state index contributed by atoms with van der Waals surface area (Å²) >= 11 is 6.04. The van der Waals surface area contributed by atoms with E-state index in [9.17, 15) is 4.79 Å². The largest absolute Gasteiger partial charge is 0.357 e. The van der Waals surface area contributed by atoms with Gasteiger partial charge in [0.15, 0.2) is 5.96 Å². The van der Waals surface area contributed by atoms with Crippen molar-refractivity contribution in [2.75, 3.05) is 25.5 Å². The maximum Gasteiger partial charge on any atom is 0.246 e. The second-order valence-electron chi connectivity index (χ2n) is 6.06. The summed E-state index contributed by atoms with van der Waals surface area (Å²) < 4.78 is 1.97. The molecule has 2 rings (SSSR count). The van der Waals surface area contributed by atoms with E-state index in [-0.39, 0.29) is 36.4 Å². The third-order valence-electron chi connectivity index (χ3n) is 3.86. The van der Waals surface area contributed by atoms with Gasteiger partial charge in [0, 0.05) is 43.8 Å². The molecule has 0 atom stereocenters. The smallest absolute Gasteiger partial charge is 0.246 e. The molecule has 1 heterocycles. The zero-order valence-corrected chi connectivity index (χ0v) is 19.3. The first-order chi connectivity index (χ1) is 12.9. The number of aliphatic imine (C=N–C) groups is 1. The average Bonchev–Trinajstić information content (AvgIpc) is 2.95. The number of carbonyl (C=O) groups is 1. The van der Waals surface area contributed by atoms with Crippen molar-refractivity contribution in [2.45, 2.75) is 13.5 Å². The lowest BCUT2D eigenvalue weighted by Gasteiger charge is -2.22. The highest BCUT2D eigenvalue weighted by Gasteiger charge is 2.11. The Hall–Kier alpha value is -2.18. The Bertz CT molecular complexity index is 872. The molecule has 0 aliphatic heterocycles. The van der Waals surface area contributed by atoms with Gasteiger partial charge in [-0.25, -0.2) is 4.99 Å². The predicted octanol–water partition coefficient (Wildman–Crippen LogP) is 3.31. The first-order valence-corrected chi connectivity index (χ1v) is 8.97. The molecular formula is C20H25ClIN5O. The Kier molecular flexibility index (Phi) is 9.90. The highest BCUT2D eigenvalue weighted by atomic mass is 127. The standard InChI is InChI=1S/C20H24ClN5O.HI/c1-5-15-8-7-9-17(10-15)24-19(27)12-23-20(22-6-2)26(4)14-18-11-16(21)13-25(18)3;/h1,7-11,13H,6,12,14H2,2-4H3,(H,22,23)(H,24,27);1H. The van der Waals surface area contributed by atoms with E-state index >= 15 is 0 Å². The lowest BCUT2D eigenvalue weighted by Crippen LogP contribution is -2.39. The molecule has 0 spiro atoms. The van der Waals surface area contributed by atoms with E-state index in [2.05, 4.69) is 21.5 Å². The van der Waals surface area contributed by atoms with Crippen LogP contribution in [0.5, 0.6) is 0 Å². The van der Waals surface area contributed by atoms with E-state index in [1.807, 2.05) is 48.8 Å². The molecule has 2 aromatic rings.